The SMILES string of the molecule is CC(C)C1=CC2c3cc(C(C)C)cc(-c4ccc(-c5cc6ccccc6c6ccccc56)cc4)c3OC2(C)C=C1. The van der Waals surface area contributed by atoms with Gasteiger partial charge in [-0.3, -0.25) is 0 Å². The molecular weight excluding hydrogens is 484 g/mol. The summed E-state index contributed by atoms with van der Waals surface area (Å²) in [7, 11) is 0. The summed E-state index contributed by atoms with van der Waals surface area (Å²) in [5, 5.41) is 5.16. The van der Waals surface area contributed by atoms with Crippen molar-refractivity contribution in [2.24, 2.45) is 5.92 Å². The van der Waals surface area contributed by atoms with Crippen LogP contribution in [0, 0.1) is 5.92 Å². The number of benzene rings is 5. The highest BCUT2D eigenvalue weighted by Gasteiger charge is 2.45. The zero-order valence-corrected chi connectivity index (χ0v) is 24.0. The number of ether oxygens (including phenoxy) is 1. The maximum Gasteiger partial charge on any atom is 0.135 e. The van der Waals surface area contributed by atoms with Gasteiger partial charge in [0.25, 0.3) is 0 Å². The van der Waals surface area contributed by atoms with Gasteiger partial charge in [-0.05, 0) is 86.3 Å². The molecular formula is C39H36O. The van der Waals surface area contributed by atoms with Crippen LogP contribution >= 0.6 is 0 Å². The first-order valence-electron chi connectivity index (χ1n) is 14.6. The van der Waals surface area contributed by atoms with Gasteiger partial charge in [-0.15, -0.1) is 0 Å². The molecule has 0 saturated carbocycles. The summed E-state index contributed by atoms with van der Waals surface area (Å²) < 4.78 is 6.84. The maximum atomic E-state index is 6.84. The fourth-order valence-corrected chi connectivity index (χ4v) is 6.57. The topological polar surface area (TPSA) is 9.23 Å². The number of rotatable bonds is 4. The van der Waals surface area contributed by atoms with Crippen LogP contribution in [0.1, 0.15) is 57.6 Å². The summed E-state index contributed by atoms with van der Waals surface area (Å²) in [5.74, 6) is 2.19. The number of allylic oxidation sites excluding steroid dienone is 2. The van der Waals surface area contributed by atoms with Crippen LogP contribution in [-0.2, 0) is 0 Å². The second kappa shape index (κ2) is 9.24. The van der Waals surface area contributed by atoms with Gasteiger partial charge in [0, 0.05) is 17.0 Å². The van der Waals surface area contributed by atoms with E-state index >= 15 is 0 Å². The van der Waals surface area contributed by atoms with E-state index in [0.29, 0.717) is 11.8 Å². The summed E-state index contributed by atoms with van der Waals surface area (Å²) in [6.45, 7) is 11.3. The first-order chi connectivity index (χ1) is 19.3. The Morgan fingerprint density at radius 2 is 1.32 bits per heavy atom. The minimum Gasteiger partial charge on any atom is -0.482 e. The summed E-state index contributed by atoms with van der Waals surface area (Å²) in [6.07, 6.45) is 6.98. The highest BCUT2D eigenvalue weighted by Crippen LogP contribution is 2.53. The zero-order chi connectivity index (χ0) is 27.6. The fourth-order valence-electron chi connectivity index (χ4n) is 6.57. The highest BCUT2D eigenvalue weighted by molar-refractivity contribution is 6.13. The molecule has 0 radical (unpaired) electrons. The lowest BCUT2D eigenvalue weighted by Crippen LogP contribution is -2.33. The molecule has 0 saturated heterocycles. The Labute approximate surface area is 237 Å². The minimum atomic E-state index is -0.352. The van der Waals surface area contributed by atoms with Crippen molar-refractivity contribution in [3.05, 3.63) is 126 Å². The van der Waals surface area contributed by atoms with Crippen LogP contribution in [0.15, 0.2) is 115 Å². The second-order valence-corrected chi connectivity index (χ2v) is 12.3. The monoisotopic (exact) mass is 520 g/mol. The Hall–Kier alpha value is -4.10. The molecule has 1 aliphatic heterocycles. The van der Waals surface area contributed by atoms with Gasteiger partial charge < -0.3 is 4.74 Å². The standard InChI is InChI=1S/C39H36O/c1-24(2)28-18-19-39(5)37(23-28)36-22-30(25(3)4)21-35(38(36)40-39)27-16-14-26(15-17-27)34-20-29-10-6-7-11-31(29)32-12-8-9-13-33(32)34/h6-25,37H,1-5H3. The Morgan fingerprint density at radius 3 is 2.02 bits per heavy atom. The van der Waals surface area contributed by atoms with E-state index in [1.165, 1.54) is 60.5 Å². The van der Waals surface area contributed by atoms with Crippen molar-refractivity contribution in [1.29, 1.82) is 0 Å². The van der Waals surface area contributed by atoms with Crippen molar-refractivity contribution in [1.82, 2.24) is 0 Å². The van der Waals surface area contributed by atoms with Crippen molar-refractivity contribution >= 4 is 21.5 Å². The molecule has 0 bridgehead atoms. The van der Waals surface area contributed by atoms with Crippen LogP contribution < -0.4 is 4.74 Å². The summed E-state index contributed by atoms with van der Waals surface area (Å²) in [5.41, 5.74) is 8.62. The Balaban J connectivity index is 1.36. The van der Waals surface area contributed by atoms with Gasteiger partial charge in [0.15, 0.2) is 0 Å². The van der Waals surface area contributed by atoms with E-state index in [1.807, 2.05) is 0 Å². The molecule has 0 spiro atoms. The third kappa shape index (κ3) is 3.91. The normalized spacial score (nSPS) is 19.7. The van der Waals surface area contributed by atoms with Crippen LogP contribution in [0.2, 0.25) is 0 Å². The molecule has 0 N–H and O–H groups in total. The van der Waals surface area contributed by atoms with Crippen molar-refractivity contribution in [2.75, 3.05) is 0 Å². The van der Waals surface area contributed by atoms with E-state index in [-0.39, 0.29) is 11.5 Å². The number of hydrogen-bond donors (Lipinski definition) is 0. The molecule has 1 heterocycles. The van der Waals surface area contributed by atoms with E-state index < -0.39 is 0 Å². The predicted molar refractivity (Wildman–Crippen MR) is 170 cm³/mol. The molecule has 5 aromatic carbocycles. The van der Waals surface area contributed by atoms with E-state index in [0.717, 1.165) is 5.75 Å². The quantitative estimate of drug-likeness (QED) is 0.214. The zero-order valence-electron chi connectivity index (χ0n) is 24.0. The van der Waals surface area contributed by atoms with Crippen molar-refractivity contribution in [3.63, 3.8) is 0 Å². The minimum absolute atomic E-state index is 0.227. The average molecular weight is 521 g/mol. The highest BCUT2D eigenvalue weighted by atomic mass is 16.5. The summed E-state index contributed by atoms with van der Waals surface area (Å²) in [4.78, 5) is 0. The first-order valence-corrected chi connectivity index (χ1v) is 14.6. The molecule has 5 aromatic rings. The second-order valence-electron chi connectivity index (χ2n) is 12.3. The molecule has 198 valence electrons. The Morgan fingerprint density at radius 1 is 0.675 bits per heavy atom. The fraction of sp³-hybridized carbons (Fsp3) is 0.231. The van der Waals surface area contributed by atoms with Gasteiger partial charge >= 0.3 is 0 Å². The van der Waals surface area contributed by atoms with E-state index in [9.17, 15) is 0 Å². The van der Waals surface area contributed by atoms with Crippen LogP contribution in [0.25, 0.3) is 43.8 Å². The van der Waals surface area contributed by atoms with Gasteiger partial charge in [0.1, 0.15) is 11.4 Å². The molecule has 2 atom stereocenters. The molecule has 2 unspecified atom stereocenters. The third-order valence-electron chi connectivity index (χ3n) is 8.99. The lowest BCUT2D eigenvalue weighted by Gasteiger charge is -2.30. The van der Waals surface area contributed by atoms with E-state index in [2.05, 4.69) is 144 Å². The summed E-state index contributed by atoms with van der Waals surface area (Å²) >= 11 is 0. The molecule has 0 fully saturated rings. The van der Waals surface area contributed by atoms with Crippen molar-refractivity contribution in [2.45, 2.75) is 52.1 Å². The first kappa shape index (κ1) is 24.9. The molecule has 7 rings (SSSR count). The van der Waals surface area contributed by atoms with Gasteiger partial charge in [0.05, 0.1) is 0 Å². The summed E-state index contributed by atoms with van der Waals surface area (Å²) in [6, 6.07) is 33.6. The van der Waals surface area contributed by atoms with Crippen LogP contribution in [0.4, 0.5) is 0 Å². The van der Waals surface area contributed by atoms with Gasteiger partial charge in [-0.25, -0.2) is 0 Å². The average Bonchev–Trinajstić information content (AvgIpc) is 3.27. The van der Waals surface area contributed by atoms with Crippen LogP contribution in [0.3, 0.4) is 0 Å². The lowest BCUT2D eigenvalue weighted by molar-refractivity contribution is 0.155. The van der Waals surface area contributed by atoms with Crippen molar-refractivity contribution in [3.8, 4) is 28.0 Å². The molecule has 1 nitrogen and oxygen atoms in total. The molecule has 0 amide bonds. The number of fused-ring (bicyclic) bond motifs is 6. The maximum absolute atomic E-state index is 6.84. The van der Waals surface area contributed by atoms with Gasteiger partial charge in [-0.1, -0.05) is 119 Å². The van der Waals surface area contributed by atoms with Gasteiger partial charge in [-0.2, -0.15) is 0 Å². The molecule has 0 aromatic heterocycles. The number of hydrogen-bond acceptors (Lipinski definition) is 1. The van der Waals surface area contributed by atoms with E-state index in [4.69, 9.17) is 4.74 Å². The predicted octanol–water partition coefficient (Wildman–Crippen LogP) is 10.8. The lowest BCUT2D eigenvalue weighted by atomic mass is 9.77. The van der Waals surface area contributed by atoms with Crippen LogP contribution in [0.5, 0.6) is 5.75 Å². The van der Waals surface area contributed by atoms with Gasteiger partial charge in [0.2, 0.25) is 0 Å². The Bertz CT molecular complexity index is 1830. The molecule has 40 heavy (non-hydrogen) atoms. The smallest absolute Gasteiger partial charge is 0.135 e. The van der Waals surface area contributed by atoms with Crippen molar-refractivity contribution < 1.29 is 4.74 Å². The molecule has 1 aliphatic carbocycles. The molecule has 2 aliphatic rings. The molecule has 1 heteroatoms. The van der Waals surface area contributed by atoms with Crippen LogP contribution in [-0.4, -0.2) is 5.60 Å². The third-order valence-corrected chi connectivity index (χ3v) is 8.99. The largest absolute Gasteiger partial charge is 0.482 e. The Kier molecular flexibility index (Phi) is 5.75. The van der Waals surface area contributed by atoms with E-state index in [1.54, 1.807) is 0 Å².